The molecule has 0 N–H and O–H groups in total. The van der Waals surface area contributed by atoms with Gasteiger partial charge in [-0.25, -0.2) is 0 Å². The predicted molar refractivity (Wildman–Crippen MR) is 59.8 cm³/mol. The summed E-state index contributed by atoms with van der Waals surface area (Å²) in [6, 6.07) is 0. The lowest BCUT2D eigenvalue weighted by atomic mass is 9.90. The number of allylic oxidation sites excluding steroid dienone is 2. The highest BCUT2D eigenvalue weighted by Gasteiger charge is 2.26. The molecule has 1 rings (SSSR count). The molecule has 1 fully saturated rings. The summed E-state index contributed by atoms with van der Waals surface area (Å²) in [6.07, 6.45) is 6.83. The predicted octanol–water partition coefficient (Wildman–Crippen LogP) is 4.56. The van der Waals surface area contributed by atoms with E-state index in [0.717, 1.165) is 11.8 Å². The Morgan fingerprint density at radius 1 is 1.31 bits per heavy atom. The molecule has 0 spiro atoms. The Labute approximate surface area is 83.4 Å². The molecule has 76 valence electrons. The van der Waals surface area contributed by atoms with Crippen molar-refractivity contribution in [3.63, 3.8) is 0 Å². The lowest BCUT2D eigenvalue weighted by Gasteiger charge is -2.16. The molecule has 1 aliphatic carbocycles. The molecule has 0 radical (unpaired) electrons. The Morgan fingerprint density at radius 2 is 2.00 bits per heavy atom. The first-order chi connectivity index (χ1) is 6.20. The third kappa shape index (κ3) is 2.36. The second-order valence-electron chi connectivity index (χ2n) is 4.57. The van der Waals surface area contributed by atoms with E-state index in [9.17, 15) is 0 Å². The van der Waals surface area contributed by atoms with Gasteiger partial charge >= 0.3 is 0 Å². The van der Waals surface area contributed by atoms with Crippen LogP contribution >= 0.6 is 0 Å². The third-order valence-electron chi connectivity index (χ3n) is 3.53. The maximum atomic E-state index is 2.41. The smallest absolute Gasteiger partial charge is 0.0200 e. The van der Waals surface area contributed by atoms with E-state index in [-0.39, 0.29) is 0 Å². The highest BCUT2D eigenvalue weighted by molar-refractivity contribution is 5.21. The molecule has 0 aromatic heterocycles. The van der Waals surface area contributed by atoms with Crippen molar-refractivity contribution in [3.8, 4) is 0 Å². The van der Waals surface area contributed by atoms with E-state index in [1.807, 2.05) is 5.57 Å². The zero-order valence-electron chi connectivity index (χ0n) is 9.69. The van der Waals surface area contributed by atoms with Crippen LogP contribution in [-0.2, 0) is 0 Å². The fourth-order valence-electron chi connectivity index (χ4n) is 2.88. The van der Waals surface area contributed by atoms with E-state index in [1.54, 1.807) is 5.57 Å². The fraction of sp³-hybridized carbons (Fsp3) is 0.846. The minimum absolute atomic E-state index is 0.872. The van der Waals surface area contributed by atoms with Gasteiger partial charge in [0.2, 0.25) is 0 Å². The van der Waals surface area contributed by atoms with Gasteiger partial charge in [0, 0.05) is 0 Å². The standard InChI is InChI=1S/C13H24/c1-5-7-10(3)13-11(4)8-9-12(13)6-2/h11-12H,5-9H2,1-4H3. The van der Waals surface area contributed by atoms with E-state index in [0.29, 0.717) is 0 Å². The summed E-state index contributed by atoms with van der Waals surface area (Å²) in [4.78, 5) is 0. The average Bonchev–Trinajstić information content (AvgIpc) is 2.47. The summed E-state index contributed by atoms with van der Waals surface area (Å²) in [5, 5.41) is 0. The molecule has 13 heavy (non-hydrogen) atoms. The number of hydrogen-bond donors (Lipinski definition) is 0. The molecule has 2 atom stereocenters. The topological polar surface area (TPSA) is 0 Å². The summed E-state index contributed by atoms with van der Waals surface area (Å²) in [5.74, 6) is 1.79. The van der Waals surface area contributed by atoms with Gasteiger partial charge in [0.15, 0.2) is 0 Å². The van der Waals surface area contributed by atoms with Crippen LogP contribution in [0.5, 0.6) is 0 Å². The highest BCUT2D eigenvalue weighted by atomic mass is 14.3. The molecule has 0 aromatic carbocycles. The maximum absolute atomic E-state index is 2.41. The summed E-state index contributed by atoms with van der Waals surface area (Å²) in [5.41, 5.74) is 3.50. The quantitative estimate of drug-likeness (QED) is 0.558. The maximum Gasteiger partial charge on any atom is -0.0200 e. The lowest BCUT2D eigenvalue weighted by molar-refractivity contribution is 0.599. The largest absolute Gasteiger partial charge is 0.0736 e. The minimum Gasteiger partial charge on any atom is -0.0736 e. The van der Waals surface area contributed by atoms with Crippen LogP contribution in [0, 0.1) is 11.8 Å². The SMILES string of the molecule is CCCC(C)=C1C(C)CCC1CC. The van der Waals surface area contributed by atoms with Gasteiger partial charge in [-0.1, -0.05) is 38.3 Å². The normalized spacial score (nSPS) is 32.3. The Morgan fingerprint density at radius 3 is 2.54 bits per heavy atom. The minimum atomic E-state index is 0.872. The Bertz CT molecular complexity index is 188. The van der Waals surface area contributed by atoms with Gasteiger partial charge in [-0.05, 0) is 44.4 Å². The number of rotatable bonds is 3. The van der Waals surface area contributed by atoms with E-state index < -0.39 is 0 Å². The van der Waals surface area contributed by atoms with Gasteiger partial charge in [-0.2, -0.15) is 0 Å². The molecule has 0 aromatic rings. The number of hydrogen-bond acceptors (Lipinski definition) is 0. The monoisotopic (exact) mass is 180 g/mol. The molecule has 0 heteroatoms. The van der Waals surface area contributed by atoms with Crippen LogP contribution in [0.2, 0.25) is 0 Å². The van der Waals surface area contributed by atoms with E-state index in [4.69, 9.17) is 0 Å². The second kappa shape index (κ2) is 4.83. The summed E-state index contributed by atoms with van der Waals surface area (Å²) in [7, 11) is 0. The first-order valence-corrected chi connectivity index (χ1v) is 5.90. The van der Waals surface area contributed by atoms with E-state index in [2.05, 4.69) is 27.7 Å². The van der Waals surface area contributed by atoms with Crippen molar-refractivity contribution in [3.05, 3.63) is 11.1 Å². The van der Waals surface area contributed by atoms with Gasteiger partial charge in [0.1, 0.15) is 0 Å². The molecule has 1 aliphatic rings. The van der Waals surface area contributed by atoms with Gasteiger partial charge in [-0.15, -0.1) is 0 Å². The van der Waals surface area contributed by atoms with Crippen molar-refractivity contribution in [2.45, 2.75) is 59.8 Å². The fourth-order valence-corrected chi connectivity index (χ4v) is 2.88. The van der Waals surface area contributed by atoms with Gasteiger partial charge in [0.05, 0.1) is 0 Å². The molecule has 0 amide bonds. The zero-order valence-corrected chi connectivity index (χ0v) is 9.69. The van der Waals surface area contributed by atoms with E-state index in [1.165, 1.54) is 32.1 Å². The first-order valence-electron chi connectivity index (χ1n) is 5.90. The van der Waals surface area contributed by atoms with Crippen molar-refractivity contribution < 1.29 is 0 Å². The van der Waals surface area contributed by atoms with Crippen LogP contribution in [0.3, 0.4) is 0 Å². The van der Waals surface area contributed by atoms with Crippen LogP contribution in [0.1, 0.15) is 59.8 Å². The molecule has 0 nitrogen and oxygen atoms in total. The van der Waals surface area contributed by atoms with E-state index >= 15 is 0 Å². The molecular formula is C13H24. The van der Waals surface area contributed by atoms with Gasteiger partial charge in [0.25, 0.3) is 0 Å². The van der Waals surface area contributed by atoms with Crippen LogP contribution in [-0.4, -0.2) is 0 Å². The third-order valence-corrected chi connectivity index (χ3v) is 3.53. The van der Waals surface area contributed by atoms with Crippen molar-refractivity contribution in [1.82, 2.24) is 0 Å². The molecule has 0 heterocycles. The Kier molecular flexibility index (Phi) is 4.02. The Balaban J connectivity index is 2.78. The zero-order chi connectivity index (χ0) is 9.84. The highest BCUT2D eigenvalue weighted by Crippen LogP contribution is 2.40. The second-order valence-corrected chi connectivity index (χ2v) is 4.57. The van der Waals surface area contributed by atoms with Crippen molar-refractivity contribution in [1.29, 1.82) is 0 Å². The molecular weight excluding hydrogens is 156 g/mol. The Hall–Kier alpha value is -0.260. The van der Waals surface area contributed by atoms with Crippen LogP contribution in [0.25, 0.3) is 0 Å². The van der Waals surface area contributed by atoms with Crippen molar-refractivity contribution >= 4 is 0 Å². The lowest BCUT2D eigenvalue weighted by Crippen LogP contribution is -2.02. The van der Waals surface area contributed by atoms with Gasteiger partial charge < -0.3 is 0 Å². The summed E-state index contributed by atoms with van der Waals surface area (Å²) < 4.78 is 0. The van der Waals surface area contributed by atoms with Crippen LogP contribution in [0.4, 0.5) is 0 Å². The molecule has 0 aliphatic heterocycles. The van der Waals surface area contributed by atoms with Crippen molar-refractivity contribution in [2.24, 2.45) is 11.8 Å². The molecule has 2 unspecified atom stereocenters. The van der Waals surface area contributed by atoms with Crippen LogP contribution in [0.15, 0.2) is 11.1 Å². The van der Waals surface area contributed by atoms with Gasteiger partial charge in [-0.3, -0.25) is 0 Å². The van der Waals surface area contributed by atoms with Crippen molar-refractivity contribution in [2.75, 3.05) is 0 Å². The molecule has 0 saturated heterocycles. The average molecular weight is 180 g/mol. The first kappa shape index (κ1) is 10.8. The van der Waals surface area contributed by atoms with Crippen LogP contribution < -0.4 is 0 Å². The molecule has 0 bridgehead atoms. The molecule has 1 saturated carbocycles. The summed E-state index contributed by atoms with van der Waals surface area (Å²) >= 11 is 0. The summed E-state index contributed by atoms with van der Waals surface area (Å²) in [6.45, 7) is 9.38.